The maximum Gasteiger partial charge on any atom is 0.263 e. The number of likely N-dealkylation sites (tertiary alicyclic amines) is 1. The molecular formula is C20H25ClN2O3S. The molecule has 0 aliphatic carbocycles. The topological polar surface area (TPSA) is 50.8 Å². The van der Waals surface area contributed by atoms with Gasteiger partial charge < -0.3 is 19.7 Å². The Labute approximate surface area is 170 Å². The van der Waals surface area contributed by atoms with Gasteiger partial charge in [-0.05, 0) is 68.2 Å². The van der Waals surface area contributed by atoms with E-state index in [1.165, 1.54) is 6.42 Å². The van der Waals surface area contributed by atoms with Crippen molar-refractivity contribution in [1.29, 1.82) is 0 Å². The zero-order valence-corrected chi connectivity index (χ0v) is 17.0. The van der Waals surface area contributed by atoms with Crippen molar-refractivity contribution in [3.8, 4) is 21.9 Å². The highest BCUT2D eigenvalue weighted by Crippen LogP contribution is 2.37. The first-order valence-corrected chi connectivity index (χ1v) is 10.00. The van der Waals surface area contributed by atoms with Gasteiger partial charge in [-0.15, -0.1) is 23.7 Å². The number of halogens is 1. The van der Waals surface area contributed by atoms with Gasteiger partial charge >= 0.3 is 0 Å². The Hall–Kier alpha value is -1.76. The summed E-state index contributed by atoms with van der Waals surface area (Å²) in [5.41, 5.74) is 1.06. The lowest BCUT2D eigenvalue weighted by atomic mass is 9.98. The highest BCUT2D eigenvalue weighted by molar-refractivity contribution is 7.17. The van der Waals surface area contributed by atoms with Crippen molar-refractivity contribution in [3.05, 3.63) is 35.2 Å². The molecule has 1 fully saturated rings. The number of nitrogens with one attached hydrogen (secondary N) is 1. The molecule has 2 aromatic rings. The van der Waals surface area contributed by atoms with Gasteiger partial charge in [0.05, 0.1) is 4.88 Å². The monoisotopic (exact) mass is 408 g/mol. The summed E-state index contributed by atoms with van der Waals surface area (Å²) in [6.07, 6.45) is 2.27. The molecule has 27 heavy (non-hydrogen) atoms. The van der Waals surface area contributed by atoms with Crippen molar-refractivity contribution >= 4 is 29.7 Å². The molecule has 0 spiro atoms. The van der Waals surface area contributed by atoms with Crippen molar-refractivity contribution < 1.29 is 14.3 Å². The standard InChI is InChI=1S/C20H24N2O3S.ClH/c1-21-12-14-3-2-8-22(13-14)20(23)19-7-6-18(26-19)15-4-5-16-17(11-15)25-10-9-24-16;/h4-7,11,14,21H,2-3,8-10,12-13H2,1H3;1H. The minimum atomic E-state index is 0. The highest BCUT2D eigenvalue weighted by Gasteiger charge is 2.25. The average molecular weight is 409 g/mol. The van der Waals surface area contributed by atoms with Crippen molar-refractivity contribution in [2.75, 3.05) is 39.9 Å². The van der Waals surface area contributed by atoms with Gasteiger partial charge in [0.25, 0.3) is 5.91 Å². The minimum Gasteiger partial charge on any atom is -0.486 e. The van der Waals surface area contributed by atoms with E-state index in [9.17, 15) is 4.79 Å². The van der Waals surface area contributed by atoms with Gasteiger partial charge in [-0.1, -0.05) is 0 Å². The number of piperidine rings is 1. The van der Waals surface area contributed by atoms with Crippen LogP contribution >= 0.6 is 23.7 Å². The van der Waals surface area contributed by atoms with Crippen LogP contribution in [0.3, 0.4) is 0 Å². The summed E-state index contributed by atoms with van der Waals surface area (Å²) in [5.74, 6) is 2.27. The van der Waals surface area contributed by atoms with Gasteiger partial charge in [0.15, 0.2) is 11.5 Å². The zero-order chi connectivity index (χ0) is 17.9. The SMILES string of the molecule is CNCC1CCCN(C(=O)c2ccc(-c3ccc4c(c3)OCCO4)s2)C1.Cl. The third-order valence-electron chi connectivity index (χ3n) is 4.94. The molecule has 5 nitrogen and oxygen atoms in total. The molecule has 0 bridgehead atoms. The lowest BCUT2D eigenvalue weighted by molar-refractivity contribution is 0.0679. The van der Waals surface area contributed by atoms with Crippen LogP contribution in [-0.4, -0.2) is 50.7 Å². The number of carbonyl (C=O) groups is 1. The number of nitrogens with zero attached hydrogens (tertiary/aromatic N) is 1. The van der Waals surface area contributed by atoms with E-state index in [-0.39, 0.29) is 18.3 Å². The summed E-state index contributed by atoms with van der Waals surface area (Å²) >= 11 is 1.55. The fraction of sp³-hybridized carbons (Fsp3) is 0.450. The van der Waals surface area contributed by atoms with Crippen LogP contribution in [-0.2, 0) is 0 Å². The Morgan fingerprint density at radius 3 is 2.85 bits per heavy atom. The highest BCUT2D eigenvalue weighted by atomic mass is 35.5. The molecule has 0 saturated carbocycles. The van der Waals surface area contributed by atoms with Gasteiger partial charge in [-0.2, -0.15) is 0 Å². The number of ether oxygens (including phenoxy) is 2. The molecule has 0 radical (unpaired) electrons. The quantitative estimate of drug-likeness (QED) is 0.838. The largest absolute Gasteiger partial charge is 0.486 e. The number of hydrogen-bond donors (Lipinski definition) is 1. The Morgan fingerprint density at radius 1 is 1.22 bits per heavy atom. The predicted molar refractivity (Wildman–Crippen MR) is 111 cm³/mol. The van der Waals surface area contributed by atoms with Crippen molar-refractivity contribution in [2.45, 2.75) is 12.8 Å². The van der Waals surface area contributed by atoms with E-state index < -0.39 is 0 Å². The number of rotatable bonds is 4. The lowest BCUT2D eigenvalue weighted by Gasteiger charge is -2.32. The van der Waals surface area contributed by atoms with E-state index in [2.05, 4.69) is 5.32 Å². The third-order valence-corrected chi connectivity index (χ3v) is 6.06. The van der Waals surface area contributed by atoms with Crippen LogP contribution in [0, 0.1) is 5.92 Å². The molecule has 1 aromatic carbocycles. The first-order valence-electron chi connectivity index (χ1n) is 9.18. The van der Waals surface area contributed by atoms with E-state index in [0.717, 1.165) is 52.9 Å². The van der Waals surface area contributed by atoms with E-state index in [0.29, 0.717) is 19.1 Å². The minimum absolute atomic E-state index is 0. The number of thiophene rings is 1. The molecule has 1 unspecified atom stereocenters. The van der Waals surface area contributed by atoms with Crippen LogP contribution < -0.4 is 14.8 Å². The first-order chi connectivity index (χ1) is 12.7. The van der Waals surface area contributed by atoms with E-state index in [1.54, 1.807) is 11.3 Å². The Morgan fingerprint density at radius 2 is 2.04 bits per heavy atom. The molecule has 1 N–H and O–H groups in total. The maximum atomic E-state index is 12.9. The summed E-state index contributed by atoms with van der Waals surface area (Å²) in [6, 6.07) is 9.94. The van der Waals surface area contributed by atoms with E-state index in [1.807, 2.05) is 42.3 Å². The van der Waals surface area contributed by atoms with Crippen LogP contribution in [0.15, 0.2) is 30.3 Å². The average Bonchev–Trinajstić information content (AvgIpc) is 3.18. The van der Waals surface area contributed by atoms with Crippen LogP contribution in [0.2, 0.25) is 0 Å². The van der Waals surface area contributed by atoms with Crippen molar-refractivity contribution in [3.63, 3.8) is 0 Å². The second-order valence-electron chi connectivity index (χ2n) is 6.84. The molecule has 146 valence electrons. The van der Waals surface area contributed by atoms with Crippen molar-refractivity contribution in [2.24, 2.45) is 5.92 Å². The fourth-order valence-electron chi connectivity index (χ4n) is 3.67. The lowest BCUT2D eigenvalue weighted by Crippen LogP contribution is -2.42. The molecule has 7 heteroatoms. The van der Waals surface area contributed by atoms with E-state index >= 15 is 0 Å². The predicted octanol–water partition coefficient (Wildman–Crippen LogP) is 3.68. The number of benzene rings is 1. The Balaban J connectivity index is 0.00000210. The third kappa shape index (κ3) is 4.39. The fourth-order valence-corrected chi connectivity index (χ4v) is 4.64. The number of carbonyl (C=O) groups excluding carboxylic acids is 1. The zero-order valence-electron chi connectivity index (χ0n) is 15.4. The summed E-state index contributed by atoms with van der Waals surface area (Å²) in [5, 5.41) is 3.23. The first kappa shape index (κ1) is 20.0. The summed E-state index contributed by atoms with van der Waals surface area (Å²) in [7, 11) is 1.97. The van der Waals surface area contributed by atoms with Crippen LogP contribution in [0.4, 0.5) is 0 Å². The number of hydrogen-bond acceptors (Lipinski definition) is 5. The molecule has 2 aliphatic heterocycles. The van der Waals surface area contributed by atoms with Crippen LogP contribution in [0.25, 0.3) is 10.4 Å². The van der Waals surface area contributed by atoms with E-state index in [4.69, 9.17) is 9.47 Å². The van der Waals surface area contributed by atoms with Gasteiger partial charge in [0.2, 0.25) is 0 Å². The molecule has 4 rings (SSSR count). The maximum absolute atomic E-state index is 12.9. The van der Waals surface area contributed by atoms with Gasteiger partial charge in [0.1, 0.15) is 13.2 Å². The van der Waals surface area contributed by atoms with Crippen molar-refractivity contribution in [1.82, 2.24) is 10.2 Å². The Bertz CT molecular complexity index is 793. The molecule has 1 aromatic heterocycles. The number of fused-ring (bicyclic) bond motifs is 1. The normalized spacial score (nSPS) is 18.7. The van der Waals surface area contributed by atoms with Gasteiger partial charge in [-0.3, -0.25) is 4.79 Å². The molecule has 1 amide bonds. The molecule has 1 saturated heterocycles. The van der Waals surface area contributed by atoms with Crippen LogP contribution in [0.5, 0.6) is 11.5 Å². The number of amides is 1. The smallest absolute Gasteiger partial charge is 0.263 e. The van der Waals surface area contributed by atoms with Gasteiger partial charge in [-0.25, -0.2) is 0 Å². The molecular weight excluding hydrogens is 384 g/mol. The summed E-state index contributed by atoms with van der Waals surface area (Å²) < 4.78 is 11.2. The van der Waals surface area contributed by atoms with Gasteiger partial charge in [0, 0.05) is 18.0 Å². The molecule has 3 heterocycles. The molecule has 2 aliphatic rings. The second-order valence-corrected chi connectivity index (χ2v) is 7.92. The molecule has 1 atom stereocenters. The summed E-state index contributed by atoms with van der Waals surface area (Å²) in [6.45, 7) is 3.84. The van der Waals surface area contributed by atoms with Crippen LogP contribution in [0.1, 0.15) is 22.5 Å². The summed E-state index contributed by atoms with van der Waals surface area (Å²) in [4.78, 5) is 16.8. The second kappa shape index (κ2) is 8.95. The Kier molecular flexibility index (Phi) is 6.63.